The maximum atomic E-state index is 2.34. The molecule has 4 rings (SSSR count). The Morgan fingerprint density at radius 1 is 0.560 bits per heavy atom. The van der Waals surface area contributed by atoms with Gasteiger partial charge in [-0.25, -0.2) is 0 Å². The molecule has 0 aliphatic heterocycles. The summed E-state index contributed by atoms with van der Waals surface area (Å²) in [4.78, 5) is 0. The molecule has 0 aliphatic rings. The van der Waals surface area contributed by atoms with E-state index in [2.05, 4.69) is 109 Å². The second-order valence-corrected chi connectivity index (χ2v) is 6.41. The summed E-state index contributed by atoms with van der Waals surface area (Å²) < 4.78 is 2.34. The first-order chi connectivity index (χ1) is 12.2. The average molecular weight is 323 g/mol. The van der Waals surface area contributed by atoms with Gasteiger partial charge >= 0.3 is 0 Å². The van der Waals surface area contributed by atoms with Gasteiger partial charge in [-0.1, -0.05) is 72.8 Å². The summed E-state index contributed by atoms with van der Waals surface area (Å²) in [5.41, 5.74) is 8.77. The van der Waals surface area contributed by atoms with Crippen molar-refractivity contribution in [1.82, 2.24) is 4.57 Å². The summed E-state index contributed by atoms with van der Waals surface area (Å²) in [6, 6.07) is 32.2. The summed E-state index contributed by atoms with van der Waals surface area (Å²) in [6.45, 7) is 4.36. The minimum Gasteiger partial charge on any atom is -0.314 e. The molecule has 0 saturated heterocycles. The van der Waals surface area contributed by atoms with Gasteiger partial charge in [-0.2, -0.15) is 0 Å². The van der Waals surface area contributed by atoms with Gasteiger partial charge in [0.1, 0.15) is 0 Å². The molecule has 25 heavy (non-hydrogen) atoms. The van der Waals surface area contributed by atoms with Crippen molar-refractivity contribution in [2.45, 2.75) is 13.8 Å². The Balaban J connectivity index is 1.79. The summed E-state index contributed by atoms with van der Waals surface area (Å²) in [6.07, 6.45) is 0. The van der Waals surface area contributed by atoms with Crippen LogP contribution in [0, 0.1) is 13.8 Å². The van der Waals surface area contributed by atoms with Crippen LogP contribution in [0.4, 0.5) is 0 Å². The van der Waals surface area contributed by atoms with Crippen molar-refractivity contribution < 1.29 is 0 Å². The van der Waals surface area contributed by atoms with Crippen LogP contribution in [0.1, 0.15) is 11.3 Å². The predicted molar refractivity (Wildman–Crippen MR) is 106 cm³/mol. The number of para-hydroxylation sites is 1. The van der Waals surface area contributed by atoms with E-state index in [-0.39, 0.29) is 0 Å². The minimum atomic E-state index is 1.20. The Labute approximate surface area is 149 Å². The Kier molecular flexibility index (Phi) is 3.99. The van der Waals surface area contributed by atoms with Gasteiger partial charge in [0.05, 0.1) is 5.69 Å². The highest BCUT2D eigenvalue weighted by atomic mass is 15.0. The lowest BCUT2D eigenvalue weighted by molar-refractivity contribution is 1.01. The van der Waals surface area contributed by atoms with Crippen LogP contribution in [0.2, 0.25) is 0 Å². The SMILES string of the molecule is Cc1cc(-c2ccc(-c3ccccc3)cc2)n(-c2ccccc2)c1C. The average Bonchev–Trinajstić information content (AvgIpc) is 2.98. The molecule has 1 heterocycles. The van der Waals surface area contributed by atoms with E-state index in [1.807, 2.05) is 0 Å². The predicted octanol–water partition coefficient (Wildman–Crippen LogP) is 6.43. The van der Waals surface area contributed by atoms with Crippen LogP contribution in [-0.4, -0.2) is 4.57 Å². The van der Waals surface area contributed by atoms with Crippen LogP contribution < -0.4 is 0 Å². The fraction of sp³-hybridized carbons (Fsp3) is 0.0833. The zero-order valence-corrected chi connectivity index (χ0v) is 14.6. The third-order valence-corrected chi connectivity index (χ3v) is 4.80. The van der Waals surface area contributed by atoms with Crippen LogP contribution in [0.15, 0.2) is 91.0 Å². The van der Waals surface area contributed by atoms with Gasteiger partial charge in [-0.15, -0.1) is 0 Å². The number of hydrogen-bond donors (Lipinski definition) is 0. The van der Waals surface area contributed by atoms with Gasteiger partial charge in [0.15, 0.2) is 0 Å². The molecule has 4 aromatic rings. The van der Waals surface area contributed by atoms with Crippen molar-refractivity contribution in [3.05, 3.63) is 102 Å². The Morgan fingerprint density at radius 3 is 1.72 bits per heavy atom. The first-order valence-electron chi connectivity index (χ1n) is 8.64. The molecule has 0 amide bonds. The molecule has 122 valence electrons. The molecular weight excluding hydrogens is 302 g/mol. The molecular formula is C24H21N. The molecule has 1 nitrogen and oxygen atoms in total. The third-order valence-electron chi connectivity index (χ3n) is 4.80. The van der Waals surface area contributed by atoms with Crippen molar-refractivity contribution >= 4 is 0 Å². The van der Waals surface area contributed by atoms with Crippen molar-refractivity contribution in [3.63, 3.8) is 0 Å². The number of rotatable bonds is 3. The lowest BCUT2D eigenvalue weighted by atomic mass is 10.0. The van der Waals surface area contributed by atoms with Gasteiger partial charge in [0.2, 0.25) is 0 Å². The van der Waals surface area contributed by atoms with E-state index < -0.39 is 0 Å². The highest BCUT2D eigenvalue weighted by Gasteiger charge is 2.12. The fourth-order valence-corrected chi connectivity index (χ4v) is 3.32. The summed E-state index contributed by atoms with van der Waals surface area (Å²) in [5.74, 6) is 0. The number of aryl methyl sites for hydroxylation is 1. The summed E-state index contributed by atoms with van der Waals surface area (Å²) in [7, 11) is 0. The van der Waals surface area contributed by atoms with Crippen molar-refractivity contribution in [3.8, 4) is 28.1 Å². The van der Waals surface area contributed by atoms with E-state index in [0.717, 1.165) is 0 Å². The van der Waals surface area contributed by atoms with Crippen LogP contribution in [0.5, 0.6) is 0 Å². The van der Waals surface area contributed by atoms with Gasteiger partial charge < -0.3 is 4.57 Å². The molecule has 1 heteroatoms. The highest BCUT2D eigenvalue weighted by molar-refractivity contribution is 5.71. The maximum Gasteiger partial charge on any atom is 0.0534 e. The Hall–Kier alpha value is -3.06. The number of hydrogen-bond acceptors (Lipinski definition) is 0. The van der Waals surface area contributed by atoms with Crippen LogP contribution in [0.25, 0.3) is 28.1 Å². The van der Waals surface area contributed by atoms with Gasteiger partial charge in [0.25, 0.3) is 0 Å². The van der Waals surface area contributed by atoms with E-state index >= 15 is 0 Å². The smallest absolute Gasteiger partial charge is 0.0534 e. The second kappa shape index (κ2) is 6.45. The molecule has 0 unspecified atom stereocenters. The zero-order chi connectivity index (χ0) is 17.2. The molecule has 0 atom stereocenters. The molecule has 1 aromatic heterocycles. The summed E-state index contributed by atoms with van der Waals surface area (Å²) in [5, 5.41) is 0. The normalized spacial score (nSPS) is 10.8. The van der Waals surface area contributed by atoms with E-state index in [9.17, 15) is 0 Å². The second-order valence-electron chi connectivity index (χ2n) is 6.41. The zero-order valence-electron chi connectivity index (χ0n) is 14.6. The number of nitrogens with zero attached hydrogens (tertiary/aromatic N) is 1. The molecule has 0 aliphatic carbocycles. The lowest BCUT2D eigenvalue weighted by Gasteiger charge is -2.13. The fourth-order valence-electron chi connectivity index (χ4n) is 3.32. The van der Waals surface area contributed by atoms with E-state index in [0.29, 0.717) is 0 Å². The van der Waals surface area contributed by atoms with Crippen molar-refractivity contribution in [2.24, 2.45) is 0 Å². The highest BCUT2D eigenvalue weighted by Crippen LogP contribution is 2.30. The monoisotopic (exact) mass is 323 g/mol. The quantitative estimate of drug-likeness (QED) is 0.409. The molecule has 0 radical (unpaired) electrons. The third kappa shape index (κ3) is 2.89. The van der Waals surface area contributed by atoms with E-state index in [4.69, 9.17) is 0 Å². The molecule has 0 spiro atoms. The van der Waals surface area contributed by atoms with Crippen LogP contribution >= 0.6 is 0 Å². The largest absolute Gasteiger partial charge is 0.314 e. The standard InChI is InChI=1S/C24H21N/c1-18-17-24(25(19(18)2)23-11-7-4-8-12-23)22-15-13-21(14-16-22)20-9-5-3-6-10-20/h3-17H,1-2H3. The maximum absolute atomic E-state index is 2.34. The van der Waals surface area contributed by atoms with Crippen LogP contribution in [-0.2, 0) is 0 Å². The molecule has 3 aromatic carbocycles. The Bertz CT molecular complexity index is 978. The molecule has 0 fully saturated rings. The lowest BCUT2D eigenvalue weighted by Crippen LogP contribution is -1.99. The van der Waals surface area contributed by atoms with Gasteiger partial charge in [-0.05, 0) is 54.3 Å². The Morgan fingerprint density at radius 2 is 1.08 bits per heavy atom. The molecule has 0 bridgehead atoms. The van der Waals surface area contributed by atoms with Crippen molar-refractivity contribution in [2.75, 3.05) is 0 Å². The first kappa shape index (κ1) is 15.5. The molecule has 0 saturated carbocycles. The minimum absolute atomic E-state index is 1.20. The van der Waals surface area contributed by atoms with E-state index in [1.165, 1.54) is 39.3 Å². The van der Waals surface area contributed by atoms with Crippen LogP contribution in [0.3, 0.4) is 0 Å². The topological polar surface area (TPSA) is 4.93 Å². The molecule has 0 N–H and O–H groups in total. The number of aromatic nitrogens is 1. The van der Waals surface area contributed by atoms with Gasteiger partial charge in [0, 0.05) is 11.4 Å². The van der Waals surface area contributed by atoms with Crippen molar-refractivity contribution in [1.29, 1.82) is 0 Å². The van der Waals surface area contributed by atoms with Gasteiger partial charge in [-0.3, -0.25) is 0 Å². The first-order valence-corrected chi connectivity index (χ1v) is 8.64. The summed E-state index contributed by atoms with van der Waals surface area (Å²) >= 11 is 0. The van der Waals surface area contributed by atoms with E-state index in [1.54, 1.807) is 0 Å². The number of benzene rings is 3.